The molecule has 0 aromatic rings. The van der Waals surface area contributed by atoms with Crippen LogP contribution in [0.3, 0.4) is 0 Å². The summed E-state index contributed by atoms with van der Waals surface area (Å²) in [6.07, 6.45) is 3.44. The molecule has 0 aromatic carbocycles. The molecule has 0 aromatic heterocycles. The van der Waals surface area contributed by atoms with E-state index in [1.54, 1.807) is 0 Å². The first kappa shape index (κ1) is 8.05. The second-order valence-electron chi connectivity index (χ2n) is 3.72. The number of hydrogen-bond donors (Lipinski definition) is 1. The Kier molecular flexibility index (Phi) is 2.30. The molecule has 3 nitrogen and oxygen atoms in total. The Hall–Kier alpha value is -0.570. The van der Waals surface area contributed by atoms with E-state index in [0.717, 1.165) is 39.0 Å². The second kappa shape index (κ2) is 3.44. The summed E-state index contributed by atoms with van der Waals surface area (Å²) in [5.74, 6) is 0.660. The van der Waals surface area contributed by atoms with Gasteiger partial charge in [0.25, 0.3) is 0 Å². The van der Waals surface area contributed by atoms with E-state index in [0.29, 0.717) is 5.91 Å². The highest BCUT2D eigenvalue weighted by atomic mass is 16.2. The third kappa shape index (κ3) is 1.46. The minimum Gasteiger partial charge on any atom is -0.342 e. The zero-order chi connectivity index (χ0) is 8.39. The summed E-state index contributed by atoms with van der Waals surface area (Å²) in [7, 11) is 0. The second-order valence-corrected chi connectivity index (χ2v) is 3.72. The van der Waals surface area contributed by atoms with Crippen molar-refractivity contribution in [1.82, 2.24) is 10.2 Å². The fourth-order valence-electron chi connectivity index (χ4n) is 1.86. The number of carbonyl (C=O) groups is 1. The van der Waals surface area contributed by atoms with Gasteiger partial charge in [0.2, 0.25) is 5.91 Å². The monoisotopic (exact) mass is 168 g/mol. The molecule has 68 valence electrons. The molecular formula is C9H16N2O. The van der Waals surface area contributed by atoms with Gasteiger partial charge in [-0.15, -0.1) is 0 Å². The fourth-order valence-corrected chi connectivity index (χ4v) is 1.86. The molecule has 2 rings (SSSR count). The van der Waals surface area contributed by atoms with Gasteiger partial charge >= 0.3 is 0 Å². The van der Waals surface area contributed by atoms with Crippen LogP contribution in [0.1, 0.15) is 19.3 Å². The van der Waals surface area contributed by atoms with Crippen molar-refractivity contribution in [3.05, 3.63) is 0 Å². The normalized spacial score (nSPS) is 29.7. The molecule has 2 aliphatic rings. The molecule has 12 heavy (non-hydrogen) atoms. The van der Waals surface area contributed by atoms with Crippen LogP contribution in [0.15, 0.2) is 0 Å². The van der Waals surface area contributed by atoms with Gasteiger partial charge in [-0.1, -0.05) is 0 Å². The Morgan fingerprint density at radius 2 is 2.17 bits per heavy atom. The zero-order valence-corrected chi connectivity index (χ0v) is 7.38. The Morgan fingerprint density at radius 3 is 2.67 bits per heavy atom. The van der Waals surface area contributed by atoms with Gasteiger partial charge in [0.1, 0.15) is 0 Å². The molecule has 1 atom stereocenters. The molecule has 0 bridgehead atoms. The minimum absolute atomic E-state index is 0.277. The van der Waals surface area contributed by atoms with Crippen molar-refractivity contribution in [1.29, 1.82) is 0 Å². The van der Waals surface area contributed by atoms with Crippen LogP contribution in [-0.2, 0) is 4.79 Å². The van der Waals surface area contributed by atoms with Crippen molar-refractivity contribution in [2.45, 2.75) is 19.3 Å². The largest absolute Gasteiger partial charge is 0.342 e. The van der Waals surface area contributed by atoms with Crippen LogP contribution in [0.5, 0.6) is 0 Å². The molecule has 0 saturated carbocycles. The summed E-state index contributed by atoms with van der Waals surface area (Å²) in [4.78, 5) is 13.7. The van der Waals surface area contributed by atoms with Crippen LogP contribution in [0.2, 0.25) is 0 Å². The van der Waals surface area contributed by atoms with E-state index < -0.39 is 0 Å². The van der Waals surface area contributed by atoms with Gasteiger partial charge in [-0.2, -0.15) is 0 Å². The standard InChI is InChI=1S/C9H16N2O/c12-9(11-5-2-6-11)8-3-1-4-10-7-8/h8,10H,1-7H2/t8-/m1/s1. The van der Waals surface area contributed by atoms with E-state index in [2.05, 4.69) is 5.32 Å². The molecule has 0 unspecified atom stereocenters. The summed E-state index contributed by atoms with van der Waals surface area (Å²) >= 11 is 0. The molecule has 1 N–H and O–H groups in total. The average Bonchev–Trinajstić information content (AvgIpc) is 2.03. The predicted octanol–water partition coefficient (Wildman–Crippen LogP) is 0.218. The first-order valence-corrected chi connectivity index (χ1v) is 4.87. The Bertz CT molecular complexity index is 171. The minimum atomic E-state index is 0.277. The van der Waals surface area contributed by atoms with Crippen molar-refractivity contribution >= 4 is 5.91 Å². The highest BCUT2D eigenvalue weighted by Gasteiger charge is 2.28. The lowest BCUT2D eigenvalue weighted by Crippen LogP contribution is -2.48. The van der Waals surface area contributed by atoms with Crippen molar-refractivity contribution in [2.75, 3.05) is 26.2 Å². The van der Waals surface area contributed by atoms with Gasteiger partial charge in [0, 0.05) is 19.6 Å². The van der Waals surface area contributed by atoms with Crippen LogP contribution in [0.4, 0.5) is 0 Å². The number of nitrogens with one attached hydrogen (secondary N) is 1. The zero-order valence-electron chi connectivity index (χ0n) is 7.38. The van der Waals surface area contributed by atoms with E-state index in [9.17, 15) is 4.79 Å². The molecule has 0 aliphatic carbocycles. The van der Waals surface area contributed by atoms with Gasteiger partial charge in [-0.3, -0.25) is 4.79 Å². The van der Waals surface area contributed by atoms with E-state index >= 15 is 0 Å². The molecule has 2 fully saturated rings. The number of rotatable bonds is 1. The topological polar surface area (TPSA) is 32.3 Å². The summed E-state index contributed by atoms with van der Waals surface area (Å²) in [5.41, 5.74) is 0. The maximum absolute atomic E-state index is 11.7. The summed E-state index contributed by atoms with van der Waals surface area (Å²) in [6, 6.07) is 0. The number of nitrogens with zero attached hydrogens (tertiary/aromatic N) is 1. The third-order valence-electron chi connectivity index (χ3n) is 2.81. The van der Waals surface area contributed by atoms with Gasteiger partial charge in [-0.25, -0.2) is 0 Å². The lowest BCUT2D eigenvalue weighted by molar-refractivity contribution is -0.139. The van der Waals surface area contributed by atoms with Gasteiger partial charge in [-0.05, 0) is 25.8 Å². The smallest absolute Gasteiger partial charge is 0.226 e. The summed E-state index contributed by atoms with van der Waals surface area (Å²) in [5, 5.41) is 3.27. The van der Waals surface area contributed by atoms with E-state index in [-0.39, 0.29) is 5.92 Å². The van der Waals surface area contributed by atoms with Crippen LogP contribution >= 0.6 is 0 Å². The molecule has 2 saturated heterocycles. The Balaban J connectivity index is 1.84. The van der Waals surface area contributed by atoms with E-state index in [1.807, 2.05) is 4.90 Å². The predicted molar refractivity (Wildman–Crippen MR) is 46.8 cm³/mol. The summed E-state index contributed by atoms with van der Waals surface area (Å²) < 4.78 is 0. The van der Waals surface area contributed by atoms with Gasteiger partial charge in [0.05, 0.1) is 5.92 Å². The van der Waals surface area contributed by atoms with Gasteiger partial charge in [0.15, 0.2) is 0 Å². The fraction of sp³-hybridized carbons (Fsp3) is 0.889. The van der Waals surface area contributed by atoms with E-state index in [4.69, 9.17) is 0 Å². The lowest BCUT2D eigenvalue weighted by Gasteiger charge is -2.35. The van der Waals surface area contributed by atoms with Crippen molar-refractivity contribution in [3.63, 3.8) is 0 Å². The van der Waals surface area contributed by atoms with Crippen LogP contribution in [0.25, 0.3) is 0 Å². The maximum Gasteiger partial charge on any atom is 0.226 e. The Morgan fingerprint density at radius 1 is 1.33 bits per heavy atom. The highest BCUT2D eigenvalue weighted by molar-refractivity contribution is 5.79. The number of hydrogen-bond acceptors (Lipinski definition) is 2. The third-order valence-corrected chi connectivity index (χ3v) is 2.81. The molecule has 1 amide bonds. The number of piperidine rings is 1. The van der Waals surface area contributed by atoms with Crippen LogP contribution in [-0.4, -0.2) is 37.0 Å². The summed E-state index contributed by atoms with van der Waals surface area (Å²) in [6.45, 7) is 3.98. The SMILES string of the molecule is O=C([C@@H]1CCCNC1)N1CCC1. The average molecular weight is 168 g/mol. The highest BCUT2D eigenvalue weighted by Crippen LogP contribution is 2.17. The van der Waals surface area contributed by atoms with Crippen molar-refractivity contribution in [3.8, 4) is 0 Å². The number of likely N-dealkylation sites (tertiary alicyclic amines) is 1. The Labute approximate surface area is 73.1 Å². The quantitative estimate of drug-likeness (QED) is 0.607. The maximum atomic E-state index is 11.7. The number of carbonyl (C=O) groups excluding carboxylic acids is 1. The molecule has 3 heteroatoms. The molecule has 2 aliphatic heterocycles. The molecular weight excluding hydrogens is 152 g/mol. The van der Waals surface area contributed by atoms with Crippen molar-refractivity contribution < 1.29 is 4.79 Å². The van der Waals surface area contributed by atoms with Crippen molar-refractivity contribution in [2.24, 2.45) is 5.92 Å². The van der Waals surface area contributed by atoms with Crippen LogP contribution in [0, 0.1) is 5.92 Å². The molecule has 0 spiro atoms. The van der Waals surface area contributed by atoms with Crippen LogP contribution < -0.4 is 5.32 Å². The van der Waals surface area contributed by atoms with Gasteiger partial charge < -0.3 is 10.2 Å². The lowest BCUT2D eigenvalue weighted by atomic mass is 9.97. The number of amides is 1. The first-order valence-electron chi connectivity index (χ1n) is 4.87. The molecule has 2 heterocycles. The first-order chi connectivity index (χ1) is 5.88. The van der Waals surface area contributed by atoms with E-state index in [1.165, 1.54) is 6.42 Å². The molecule has 0 radical (unpaired) electrons.